The largest absolute Gasteiger partial charge is 0.270 e. The Labute approximate surface area is 98.9 Å². The first-order chi connectivity index (χ1) is 7.67. The predicted octanol–water partition coefficient (Wildman–Crippen LogP) is 3.80. The van der Waals surface area contributed by atoms with Gasteiger partial charge in [-0.15, -0.1) is 0 Å². The van der Waals surface area contributed by atoms with Crippen molar-refractivity contribution in [1.29, 1.82) is 0 Å². The van der Waals surface area contributed by atoms with Crippen LogP contribution < -0.4 is 0 Å². The Morgan fingerprint density at radius 3 is 2.81 bits per heavy atom. The second-order valence-electron chi connectivity index (χ2n) is 4.40. The number of hydrogen-bond acceptors (Lipinski definition) is 1. The molecule has 0 N–H and O–H groups in total. The Morgan fingerprint density at radius 2 is 2.25 bits per heavy atom. The van der Waals surface area contributed by atoms with Gasteiger partial charge >= 0.3 is 0 Å². The fraction of sp³-hybridized carbons (Fsp3) is 0.571. The Morgan fingerprint density at radius 1 is 1.50 bits per heavy atom. The molecule has 1 atom stereocenters. The highest BCUT2D eigenvalue weighted by molar-refractivity contribution is 6.06. The molecule has 0 radical (unpaired) electrons. The van der Waals surface area contributed by atoms with E-state index in [4.69, 9.17) is 0 Å². The predicted molar refractivity (Wildman–Crippen MR) is 72.4 cm³/mol. The number of allylic oxidation sites excluding steroid dienone is 3. The summed E-state index contributed by atoms with van der Waals surface area (Å²) in [6, 6.07) is 0. The molecular formula is C14H22N2. The zero-order valence-electron chi connectivity index (χ0n) is 10.8. The minimum Gasteiger partial charge on any atom is -0.270 e. The minimum absolute atomic E-state index is 0.596. The summed E-state index contributed by atoms with van der Waals surface area (Å²) in [5, 5.41) is 0. The molecule has 1 aliphatic carbocycles. The summed E-state index contributed by atoms with van der Waals surface area (Å²) in [5.74, 6) is 1.50. The van der Waals surface area contributed by atoms with Crippen molar-refractivity contribution in [2.24, 2.45) is 15.9 Å². The third kappa shape index (κ3) is 3.76. The molecule has 0 spiro atoms. The van der Waals surface area contributed by atoms with E-state index in [1.807, 2.05) is 7.05 Å². The van der Waals surface area contributed by atoms with Crippen molar-refractivity contribution < 1.29 is 0 Å². The molecule has 1 unspecified atom stereocenters. The van der Waals surface area contributed by atoms with E-state index >= 15 is 0 Å². The lowest BCUT2D eigenvalue weighted by Gasteiger charge is -2.14. The topological polar surface area (TPSA) is 24.7 Å². The maximum atomic E-state index is 4.61. The summed E-state index contributed by atoms with van der Waals surface area (Å²) in [7, 11) is 1.82. The quantitative estimate of drug-likeness (QED) is 0.508. The Kier molecular flexibility index (Phi) is 5.17. The van der Waals surface area contributed by atoms with Crippen LogP contribution in [0.5, 0.6) is 0 Å². The molecule has 0 amide bonds. The molecule has 0 bridgehead atoms. The van der Waals surface area contributed by atoms with E-state index in [9.17, 15) is 0 Å². The monoisotopic (exact) mass is 218 g/mol. The van der Waals surface area contributed by atoms with Gasteiger partial charge in [0.25, 0.3) is 0 Å². The normalized spacial score (nSPS) is 22.2. The highest BCUT2D eigenvalue weighted by Crippen LogP contribution is 2.19. The van der Waals surface area contributed by atoms with Crippen molar-refractivity contribution in [1.82, 2.24) is 0 Å². The van der Waals surface area contributed by atoms with E-state index in [1.165, 1.54) is 11.3 Å². The van der Waals surface area contributed by atoms with Crippen LogP contribution in [0.15, 0.2) is 33.8 Å². The Balaban J connectivity index is 2.80. The fourth-order valence-electron chi connectivity index (χ4n) is 1.87. The average Bonchev–Trinajstić information content (AvgIpc) is 2.26. The lowest BCUT2D eigenvalue weighted by molar-refractivity contribution is 0.722. The maximum absolute atomic E-state index is 4.61. The van der Waals surface area contributed by atoms with Crippen LogP contribution in [0.3, 0.4) is 0 Å². The molecule has 0 saturated heterocycles. The SMILES string of the molecule is CCC/C(C)=N/C(=N\C)C1=CC=CC(C)C1. The smallest absolute Gasteiger partial charge is 0.150 e. The average molecular weight is 218 g/mol. The van der Waals surface area contributed by atoms with Gasteiger partial charge in [-0.05, 0) is 31.3 Å². The van der Waals surface area contributed by atoms with Crippen LogP contribution in [0.25, 0.3) is 0 Å². The molecule has 1 rings (SSSR count). The molecule has 16 heavy (non-hydrogen) atoms. The molecule has 0 fully saturated rings. The molecule has 0 aliphatic heterocycles. The maximum Gasteiger partial charge on any atom is 0.150 e. The number of amidine groups is 1. The van der Waals surface area contributed by atoms with Crippen molar-refractivity contribution in [3.63, 3.8) is 0 Å². The van der Waals surface area contributed by atoms with Gasteiger partial charge in [-0.3, -0.25) is 4.99 Å². The first-order valence-electron chi connectivity index (χ1n) is 6.06. The van der Waals surface area contributed by atoms with Gasteiger partial charge in [-0.2, -0.15) is 0 Å². The molecule has 2 heteroatoms. The van der Waals surface area contributed by atoms with Gasteiger partial charge in [0.1, 0.15) is 5.84 Å². The highest BCUT2D eigenvalue weighted by atomic mass is 14.9. The fourth-order valence-corrected chi connectivity index (χ4v) is 1.87. The van der Waals surface area contributed by atoms with Gasteiger partial charge in [-0.25, -0.2) is 4.99 Å². The van der Waals surface area contributed by atoms with E-state index in [0.29, 0.717) is 5.92 Å². The van der Waals surface area contributed by atoms with Crippen molar-refractivity contribution in [2.75, 3.05) is 7.05 Å². The Bertz CT molecular complexity index is 346. The molecule has 0 aromatic carbocycles. The van der Waals surface area contributed by atoms with Crippen molar-refractivity contribution in [3.05, 3.63) is 23.8 Å². The van der Waals surface area contributed by atoms with Gasteiger partial charge in [0, 0.05) is 12.8 Å². The van der Waals surface area contributed by atoms with Gasteiger partial charge in [0.05, 0.1) is 0 Å². The first-order valence-corrected chi connectivity index (χ1v) is 6.06. The number of aliphatic imine (C=N–C) groups is 2. The van der Waals surface area contributed by atoms with Crippen molar-refractivity contribution in [2.45, 2.75) is 40.0 Å². The lowest BCUT2D eigenvalue weighted by atomic mass is 9.95. The summed E-state index contributed by atoms with van der Waals surface area (Å²) < 4.78 is 0. The van der Waals surface area contributed by atoms with E-state index in [0.717, 1.165) is 25.1 Å². The molecule has 88 valence electrons. The summed E-state index contributed by atoms with van der Waals surface area (Å²) in [4.78, 5) is 8.90. The van der Waals surface area contributed by atoms with Crippen LogP contribution in [0.1, 0.15) is 40.0 Å². The molecule has 0 aromatic heterocycles. The van der Waals surface area contributed by atoms with Gasteiger partial charge in [0.2, 0.25) is 0 Å². The number of nitrogens with zero attached hydrogens (tertiary/aromatic N) is 2. The molecule has 0 aromatic rings. The molecule has 0 saturated carbocycles. The lowest BCUT2D eigenvalue weighted by Crippen LogP contribution is -2.08. The number of rotatable bonds is 3. The van der Waals surface area contributed by atoms with Crippen LogP contribution >= 0.6 is 0 Å². The minimum atomic E-state index is 0.596. The number of hydrogen-bond donors (Lipinski definition) is 0. The molecular weight excluding hydrogens is 196 g/mol. The Hall–Kier alpha value is -1.18. The van der Waals surface area contributed by atoms with Crippen LogP contribution in [-0.4, -0.2) is 18.6 Å². The standard InChI is InChI=1S/C14H22N2/c1-5-7-12(3)16-14(15-4)13-9-6-8-11(2)10-13/h6,8-9,11H,5,7,10H2,1-4H3/b15-14-,16-12+. The molecule has 2 nitrogen and oxygen atoms in total. The second-order valence-corrected chi connectivity index (χ2v) is 4.40. The van der Waals surface area contributed by atoms with E-state index in [1.54, 1.807) is 0 Å². The van der Waals surface area contributed by atoms with Gasteiger partial charge in [0.15, 0.2) is 0 Å². The van der Waals surface area contributed by atoms with E-state index in [2.05, 4.69) is 49.0 Å². The summed E-state index contributed by atoms with van der Waals surface area (Å²) in [5.41, 5.74) is 2.43. The van der Waals surface area contributed by atoms with Crippen LogP contribution in [0.4, 0.5) is 0 Å². The first kappa shape index (κ1) is 12.9. The molecule has 1 aliphatic rings. The van der Waals surface area contributed by atoms with Crippen LogP contribution in [0.2, 0.25) is 0 Å². The highest BCUT2D eigenvalue weighted by Gasteiger charge is 2.11. The van der Waals surface area contributed by atoms with Crippen LogP contribution in [-0.2, 0) is 0 Å². The third-order valence-electron chi connectivity index (χ3n) is 2.69. The second kappa shape index (κ2) is 6.41. The van der Waals surface area contributed by atoms with E-state index in [-0.39, 0.29) is 0 Å². The van der Waals surface area contributed by atoms with Gasteiger partial charge < -0.3 is 0 Å². The molecule has 0 heterocycles. The van der Waals surface area contributed by atoms with Crippen LogP contribution in [0, 0.1) is 5.92 Å². The summed E-state index contributed by atoms with van der Waals surface area (Å²) in [6.07, 6.45) is 9.70. The van der Waals surface area contributed by atoms with E-state index < -0.39 is 0 Å². The third-order valence-corrected chi connectivity index (χ3v) is 2.69. The van der Waals surface area contributed by atoms with Crippen molar-refractivity contribution in [3.8, 4) is 0 Å². The summed E-state index contributed by atoms with van der Waals surface area (Å²) >= 11 is 0. The van der Waals surface area contributed by atoms with Crippen molar-refractivity contribution >= 4 is 11.5 Å². The zero-order valence-corrected chi connectivity index (χ0v) is 10.8. The van der Waals surface area contributed by atoms with Gasteiger partial charge in [-0.1, -0.05) is 38.5 Å². The summed E-state index contributed by atoms with van der Waals surface area (Å²) in [6.45, 7) is 6.48. The zero-order chi connectivity index (χ0) is 12.0.